The van der Waals surface area contributed by atoms with Gasteiger partial charge in [-0.1, -0.05) is 36.4 Å². The lowest BCUT2D eigenvalue weighted by Gasteiger charge is -2.22. The predicted octanol–water partition coefficient (Wildman–Crippen LogP) is 10.9. The van der Waals surface area contributed by atoms with Crippen molar-refractivity contribution in [1.82, 2.24) is 8.80 Å². The highest BCUT2D eigenvalue weighted by atomic mass is 16.1. The summed E-state index contributed by atoms with van der Waals surface area (Å²) in [5, 5.41) is 10.1. The molecule has 0 amide bonds. The highest BCUT2D eigenvalue weighted by Gasteiger charge is 2.37. The standard InChI is InChI=1S/C44H32N2O2/c47-43-23-11-7-21(8-12-23)29-15-31-25-3-1-5-27-33-17-38-34(18-37(33)45(41(25)27)39(31)19-35(29)43)28-6-2-4-26-32-16-30-22-9-13-24(14-10-22)44(48)36(30)20-40(32)46(38)42(26)28/h1-6,15-24H,7-14H2. The Hall–Kier alpha value is -4.96. The number of hydrogen-bond acceptors (Lipinski definition) is 2. The SMILES string of the molecule is O=C1c2cc3c(cc2C2CCC1CC2)c1cccc2c4cc5c(cc4n3c12)c1cccc2c3cc4c(cc3n5c21)C(=O)C1CCC4CC1. The lowest BCUT2D eigenvalue weighted by molar-refractivity contribution is 0.0891. The summed E-state index contributed by atoms with van der Waals surface area (Å²) in [4.78, 5) is 27.6. The Morgan fingerprint density at radius 1 is 0.396 bits per heavy atom. The molecular weight excluding hydrogens is 588 g/mol. The van der Waals surface area contributed by atoms with Gasteiger partial charge in [-0.25, -0.2) is 0 Å². The lowest BCUT2D eigenvalue weighted by Crippen LogP contribution is -2.15. The lowest BCUT2D eigenvalue weighted by atomic mass is 9.82. The van der Waals surface area contributed by atoms with Crippen LogP contribution in [0.2, 0.25) is 0 Å². The Morgan fingerprint density at radius 3 is 1.12 bits per heavy atom. The molecule has 48 heavy (non-hydrogen) atoms. The van der Waals surface area contributed by atoms with Crippen LogP contribution in [-0.2, 0) is 0 Å². The summed E-state index contributed by atoms with van der Waals surface area (Å²) in [6.45, 7) is 0. The van der Waals surface area contributed by atoms with Gasteiger partial charge in [0.05, 0.1) is 33.1 Å². The van der Waals surface area contributed by atoms with Gasteiger partial charge in [-0.3, -0.25) is 9.59 Å². The van der Waals surface area contributed by atoms with Crippen molar-refractivity contribution in [2.75, 3.05) is 0 Å². The van der Waals surface area contributed by atoms with Crippen LogP contribution in [0.1, 0.15) is 95.0 Å². The van der Waals surface area contributed by atoms with Crippen molar-refractivity contribution in [3.63, 3.8) is 0 Å². The molecular formula is C44H32N2O2. The van der Waals surface area contributed by atoms with E-state index in [1.165, 1.54) is 76.3 Å². The van der Waals surface area contributed by atoms with Crippen molar-refractivity contribution in [3.05, 3.63) is 95.1 Å². The number of nitrogens with zero attached hydrogens (tertiary/aromatic N) is 2. The molecule has 9 aromatic rings. The molecule has 0 unspecified atom stereocenters. The first kappa shape index (κ1) is 25.1. The van der Waals surface area contributed by atoms with E-state index in [1.807, 2.05) is 0 Å². The van der Waals surface area contributed by atoms with Crippen molar-refractivity contribution < 1.29 is 9.59 Å². The highest BCUT2D eigenvalue weighted by molar-refractivity contribution is 6.29. The minimum absolute atomic E-state index is 0.180. The van der Waals surface area contributed by atoms with Gasteiger partial charge in [-0.15, -0.1) is 0 Å². The average molecular weight is 621 g/mol. The molecule has 6 aliphatic carbocycles. The van der Waals surface area contributed by atoms with Crippen molar-refractivity contribution in [1.29, 1.82) is 0 Å². The number of carbonyl (C=O) groups is 2. The van der Waals surface area contributed by atoms with Gasteiger partial charge in [0.15, 0.2) is 11.6 Å². The monoisotopic (exact) mass is 620 g/mol. The topological polar surface area (TPSA) is 43.0 Å². The zero-order chi connectivity index (χ0) is 31.2. The van der Waals surface area contributed by atoms with E-state index < -0.39 is 0 Å². The van der Waals surface area contributed by atoms with Gasteiger partial charge < -0.3 is 8.80 Å². The molecule has 4 aromatic heterocycles. The summed E-state index contributed by atoms with van der Waals surface area (Å²) in [7, 11) is 0. The third-order valence-corrected chi connectivity index (χ3v) is 13.7. The van der Waals surface area contributed by atoms with E-state index in [9.17, 15) is 9.59 Å². The van der Waals surface area contributed by atoms with E-state index in [0.717, 1.165) is 73.5 Å². The molecule has 2 saturated carbocycles. The largest absolute Gasteiger partial charge is 0.308 e. The maximum atomic E-state index is 13.8. The second-order valence-corrected chi connectivity index (χ2v) is 15.7. The number of Topliss-reactive ketones (excluding diaryl/α,β-unsaturated/α-hetero) is 2. The quantitative estimate of drug-likeness (QED) is 0.169. The molecule has 230 valence electrons. The summed E-state index contributed by atoms with van der Waals surface area (Å²) in [5.41, 5.74) is 11.7. The molecule has 0 spiro atoms. The highest BCUT2D eigenvalue weighted by Crippen LogP contribution is 2.50. The van der Waals surface area contributed by atoms with Gasteiger partial charge in [0, 0.05) is 66.1 Å². The summed E-state index contributed by atoms with van der Waals surface area (Å²) >= 11 is 0. The van der Waals surface area contributed by atoms with Crippen molar-refractivity contribution in [2.24, 2.45) is 11.8 Å². The summed E-state index contributed by atoms with van der Waals surface area (Å²) in [5.74, 6) is 2.08. The van der Waals surface area contributed by atoms with E-state index in [2.05, 4.69) is 81.6 Å². The molecule has 15 rings (SSSR count). The van der Waals surface area contributed by atoms with E-state index >= 15 is 0 Å². The maximum absolute atomic E-state index is 13.8. The fraction of sp³-hybridized carbons (Fsp3) is 0.273. The number of rotatable bonds is 0. The van der Waals surface area contributed by atoms with Crippen LogP contribution in [0.5, 0.6) is 0 Å². The van der Waals surface area contributed by atoms with Gasteiger partial charge >= 0.3 is 0 Å². The molecule has 6 aliphatic rings. The smallest absolute Gasteiger partial charge is 0.166 e. The minimum atomic E-state index is 0.180. The zero-order valence-electron chi connectivity index (χ0n) is 26.6. The van der Waals surface area contributed by atoms with E-state index in [1.54, 1.807) is 0 Å². The first-order valence-corrected chi connectivity index (χ1v) is 18.1. The van der Waals surface area contributed by atoms with Gasteiger partial charge in [0.1, 0.15) is 0 Å². The van der Waals surface area contributed by atoms with Crippen LogP contribution in [0.3, 0.4) is 0 Å². The van der Waals surface area contributed by atoms with Crippen LogP contribution in [0.4, 0.5) is 0 Å². The number of para-hydroxylation sites is 2. The molecule has 4 bridgehead atoms. The van der Waals surface area contributed by atoms with Crippen molar-refractivity contribution in [3.8, 4) is 0 Å². The van der Waals surface area contributed by atoms with E-state index in [4.69, 9.17) is 0 Å². The number of benzene rings is 5. The van der Waals surface area contributed by atoms with Crippen molar-refractivity contribution >= 4 is 87.8 Å². The second kappa shape index (κ2) is 8.18. The molecule has 0 radical (unpaired) electrons. The van der Waals surface area contributed by atoms with Crippen LogP contribution in [-0.4, -0.2) is 20.4 Å². The van der Waals surface area contributed by atoms with Gasteiger partial charge in [0.2, 0.25) is 0 Å². The normalized spacial score (nSPS) is 24.1. The van der Waals surface area contributed by atoms with Crippen LogP contribution >= 0.6 is 0 Å². The fourth-order valence-corrected chi connectivity index (χ4v) is 11.4. The van der Waals surface area contributed by atoms with Crippen LogP contribution in [0.15, 0.2) is 72.8 Å². The Kier molecular flexibility index (Phi) is 4.28. The first-order valence-electron chi connectivity index (χ1n) is 18.1. The second-order valence-electron chi connectivity index (χ2n) is 15.7. The van der Waals surface area contributed by atoms with E-state index in [-0.39, 0.29) is 11.8 Å². The summed E-state index contributed by atoms with van der Waals surface area (Å²) < 4.78 is 4.91. The Balaban J connectivity index is 1.17. The molecule has 0 saturated heterocycles. The first-order chi connectivity index (χ1) is 23.6. The van der Waals surface area contributed by atoms with Gasteiger partial charge in [-0.05, 0) is 111 Å². The maximum Gasteiger partial charge on any atom is 0.166 e. The molecule has 2 fully saturated rings. The van der Waals surface area contributed by atoms with E-state index in [0.29, 0.717) is 23.4 Å². The molecule has 0 N–H and O–H groups in total. The molecule has 4 heterocycles. The number of carbonyl (C=O) groups excluding carboxylic acids is 2. The molecule has 5 aromatic carbocycles. The fourth-order valence-electron chi connectivity index (χ4n) is 11.4. The number of aromatic nitrogens is 2. The Bertz CT molecular complexity index is 2750. The average Bonchev–Trinajstić information content (AvgIpc) is 3.76. The summed E-state index contributed by atoms with van der Waals surface area (Å²) in [6, 6.07) is 27.6. The predicted molar refractivity (Wildman–Crippen MR) is 194 cm³/mol. The third-order valence-electron chi connectivity index (χ3n) is 13.7. The number of hydrogen-bond donors (Lipinski definition) is 0. The van der Waals surface area contributed by atoms with Crippen molar-refractivity contribution in [2.45, 2.75) is 63.2 Å². The van der Waals surface area contributed by atoms with Crippen LogP contribution in [0, 0.1) is 11.8 Å². The minimum Gasteiger partial charge on any atom is -0.308 e. The zero-order valence-corrected chi connectivity index (χ0v) is 26.6. The van der Waals surface area contributed by atoms with Crippen LogP contribution < -0.4 is 0 Å². The Morgan fingerprint density at radius 2 is 0.729 bits per heavy atom. The van der Waals surface area contributed by atoms with Gasteiger partial charge in [0.25, 0.3) is 0 Å². The van der Waals surface area contributed by atoms with Gasteiger partial charge in [-0.2, -0.15) is 0 Å². The molecule has 4 nitrogen and oxygen atoms in total. The Labute approximate surface area is 275 Å². The molecule has 0 atom stereocenters. The number of ketones is 2. The molecule has 4 heteroatoms. The summed E-state index contributed by atoms with van der Waals surface area (Å²) in [6.07, 6.45) is 8.64. The molecule has 0 aliphatic heterocycles. The third kappa shape index (κ3) is 2.74. The number of fused-ring (bicyclic) bond motifs is 16. The van der Waals surface area contributed by atoms with Crippen LogP contribution in [0.25, 0.3) is 76.2 Å².